The minimum Gasteiger partial charge on any atom is -0.466 e. The van der Waals surface area contributed by atoms with E-state index >= 15 is 0 Å². The lowest BCUT2D eigenvalue weighted by Crippen LogP contribution is -2.46. The molecule has 0 unspecified atom stereocenters. The summed E-state index contributed by atoms with van der Waals surface area (Å²) in [7, 11) is 1.58. The van der Waals surface area contributed by atoms with Crippen molar-refractivity contribution < 1.29 is 23.9 Å². The number of hydrogen-bond acceptors (Lipinski definition) is 6. The molecule has 0 aromatic heterocycles. The van der Waals surface area contributed by atoms with E-state index in [1.807, 2.05) is 31.2 Å². The van der Waals surface area contributed by atoms with Crippen LogP contribution in [0.4, 0.5) is 5.69 Å². The normalized spacial score (nSPS) is 14.1. The van der Waals surface area contributed by atoms with Crippen LogP contribution in [0.2, 0.25) is 0 Å². The zero-order valence-corrected chi connectivity index (χ0v) is 19.2. The molecule has 0 atom stereocenters. The fraction of sp³-hybridized carbons (Fsp3) is 0.545. The van der Waals surface area contributed by atoms with Crippen molar-refractivity contribution in [2.45, 2.75) is 26.7 Å². The van der Waals surface area contributed by atoms with Crippen molar-refractivity contribution in [1.82, 2.24) is 9.80 Å². The Hall–Kier alpha value is -2.55. The summed E-state index contributed by atoms with van der Waals surface area (Å²) in [4.78, 5) is 51.7. The van der Waals surface area contributed by atoms with Gasteiger partial charge in [-0.25, -0.2) is 0 Å². The maximum absolute atomic E-state index is 12.5. The molecule has 8 nitrogen and oxygen atoms in total. The summed E-state index contributed by atoms with van der Waals surface area (Å²) in [5, 5.41) is 2.80. The number of carbonyl (C=O) groups excluding carboxylic acids is 4. The molecule has 0 spiro atoms. The number of carbonyl (C=O) groups is 4. The van der Waals surface area contributed by atoms with Crippen LogP contribution in [0.3, 0.4) is 0 Å². The fourth-order valence-corrected chi connectivity index (χ4v) is 4.03. The highest BCUT2D eigenvalue weighted by Crippen LogP contribution is 2.19. The number of hydrogen-bond donors (Lipinski definition) is 1. The molecule has 0 radical (unpaired) electrons. The molecule has 1 heterocycles. The molecule has 1 N–H and O–H groups in total. The minimum absolute atomic E-state index is 0.0149. The first-order chi connectivity index (χ1) is 14.8. The molecule has 0 aliphatic carbocycles. The number of thioether (sulfide) groups is 1. The van der Waals surface area contributed by atoms with Crippen LogP contribution in [-0.4, -0.2) is 78.3 Å². The van der Waals surface area contributed by atoms with E-state index in [4.69, 9.17) is 4.74 Å². The lowest BCUT2D eigenvalue weighted by atomic mass is 9.97. The molecule has 1 aromatic rings. The average molecular weight is 450 g/mol. The van der Waals surface area contributed by atoms with Crippen molar-refractivity contribution in [2.75, 3.05) is 50.1 Å². The molecule has 1 fully saturated rings. The monoisotopic (exact) mass is 449 g/mol. The first-order valence-corrected chi connectivity index (χ1v) is 11.6. The lowest BCUT2D eigenvalue weighted by Gasteiger charge is -2.32. The third kappa shape index (κ3) is 8.24. The second-order valence-corrected chi connectivity index (χ2v) is 8.55. The van der Waals surface area contributed by atoms with Crippen LogP contribution in [0.5, 0.6) is 0 Å². The van der Waals surface area contributed by atoms with Crippen LogP contribution in [0.25, 0.3) is 0 Å². The average Bonchev–Trinajstić information content (AvgIpc) is 2.73. The molecule has 0 saturated carbocycles. The summed E-state index contributed by atoms with van der Waals surface area (Å²) >= 11 is 1.21. The smallest absolute Gasteiger partial charge is 0.309 e. The van der Waals surface area contributed by atoms with Gasteiger partial charge in [0.15, 0.2) is 0 Å². The summed E-state index contributed by atoms with van der Waals surface area (Å²) in [5.41, 5.74) is 1.78. The lowest BCUT2D eigenvalue weighted by molar-refractivity contribution is -0.151. The fourth-order valence-electron chi connectivity index (χ4n) is 3.28. The van der Waals surface area contributed by atoms with Gasteiger partial charge in [0.25, 0.3) is 0 Å². The van der Waals surface area contributed by atoms with Crippen molar-refractivity contribution in [3.8, 4) is 0 Å². The number of nitrogens with one attached hydrogen (secondary N) is 1. The zero-order chi connectivity index (χ0) is 22.8. The van der Waals surface area contributed by atoms with E-state index in [0.717, 1.165) is 11.3 Å². The second-order valence-electron chi connectivity index (χ2n) is 7.57. The van der Waals surface area contributed by atoms with Gasteiger partial charge in [0.1, 0.15) is 0 Å². The molecule has 1 aliphatic rings. The molecule has 170 valence electrons. The topological polar surface area (TPSA) is 96.0 Å². The van der Waals surface area contributed by atoms with Crippen molar-refractivity contribution in [1.29, 1.82) is 0 Å². The van der Waals surface area contributed by atoms with Gasteiger partial charge in [-0.3, -0.25) is 19.2 Å². The van der Waals surface area contributed by atoms with Crippen LogP contribution < -0.4 is 5.32 Å². The molecule has 0 bridgehead atoms. The van der Waals surface area contributed by atoms with E-state index in [0.29, 0.717) is 32.5 Å². The SMILES string of the molecule is CCOC(=O)C1CCN(C(=O)CN(C)C(=O)CSCC(=O)Nc2cccc(C)c2)CC1. The molecule has 3 amide bonds. The van der Waals surface area contributed by atoms with Crippen LogP contribution in [0.15, 0.2) is 24.3 Å². The number of piperidine rings is 1. The Morgan fingerprint density at radius 1 is 1.19 bits per heavy atom. The molecular formula is C22H31N3O5S. The van der Waals surface area contributed by atoms with Gasteiger partial charge in [0.05, 0.1) is 30.6 Å². The Balaban J connectivity index is 1.67. The Bertz CT molecular complexity index is 793. The van der Waals surface area contributed by atoms with Gasteiger partial charge in [-0.2, -0.15) is 0 Å². The number of anilines is 1. The Morgan fingerprint density at radius 2 is 1.90 bits per heavy atom. The molecule has 2 rings (SSSR count). The zero-order valence-electron chi connectivity index (χ0n) is 18.4. The number of aryl methyl sites for hydroxylation is 1. The van der Waals surface area contributed by atoms with E-state index in [1.54, 1.807) is 18.9 Å². The number of esters is 1. The number of nitrogens with zero attached hydrogens (tertiary/aromatic N) is 2. The molecule has 31 heavy (non-hydrogen) atoms. The summed E-state index contributed by atoms with van der Waals surface area (Å²) in [6.07, 6.45) is 1.16. The quantitative estimate of drug-likeness (QED) is 0.579. The van der Waals surface area contributed by atoms with Gasteiger partial charge in [-0.15, -0.1) is 11.8 Å². The summed E-state index contributed by atoms with van der Waals surface area (Å²) in [6.45, 7) is 5.03. The molecular weight excluding hydrogens is 418 g/mol. The largest absolute Gasteiger partial charge is 0.466 e. The van der Waals surface area contributed by atoms with Crippen LogP contribution in [0.1, 0.15) is 25.3 Å². The first kappa shape index (κ1) is 24.7. The first-order valence-electron chi connectivity index (χ1n) is 10.4. The Labute approximate surface area is 187 Å². The second kappa shape index (κ2) is 12.3. The minimum atomic E-state index is -0.205. The van der Waals surface area contributed by atoms with Gasteiger partial charge in [-0.1, -0.05) is 12.1 Å². The highest BCUT2D eigenvalue weighted by atomic mass is 32.2. The Kier molecular flexibility index (Phi) is 9.84. The molecule has 1 aromatic carbocycles. The molecule has 1 aliphatic heterocycles. The number of likely N-dealkylation sites (N-methyl/N-ethyl adjacent to an activating group) is 1. The summed E-state index contributed by atoms with van der Waals surface area (Å²) < 4.78 is 5.04. The van der Waals surface area contributed by atoms with E-state index in [-0.39, 0.29) is 47.7 Å². The van der Waals surface area contributed by atoms with E-state index in [1.165, 1.54) is 16.7 Å². The van der Waals surface area contributed by atoms with Gasteiger partial charge < -0.3 is 19.9 Å². The summed E-state index contributed by atoms with van der Waals surface area (Å²) in [5.74, 6) is -0.607. The third-order valence-corrected chi connectivity index (χ3v) is 5.94. The van der Waals surface area contributed by atoms with E-state index < -0.39 is 0 Å². The highest BCUT2D eigenvalue weighted by Gasteiger charge is 2.28. The van der Waals surface area contributed by atoms with E-state index in [9.17, 15) is 19.2 Å². The van der Waals surface area contributed by atoms with Crippen LogP contribution in [-0.2, 0) is 23.9 Å². The number of rotatable bonds is 9. The third-order valence-electron chi connectivity index (χ3n) is 5.03. The number of benzene rings is 1. The number of likely N-dealkylation sites (tertiary alicyclic amines) is 1. The maximum Gasteiger partial charge on any atom is 0.309 e. The predicted molar refractivity (Wildman–Crippen MR) is 121 cm³/mol. The highest BCUT2D eigenvalue weighted by molar-refractivity contribution is 8.00. The van der Waals surface area contributed by atoms with Gasteiger partial charge in [0, 0.05) is 25.8 Å². The standard InChI is InChI=1S/C22H31N3O5S/c1-4-30-22(29)17-8-10-25(11-9-17)20(27)13-24(3)21(28)15-31-14-19(26)23-18-7-5-6-16(2)12-18/h5-7,12,17H,4,8-11,13-15H2,1-3H3,(H,23,26). The predicted octanol–water partition coefficient (Wildman–Crippen LogP) is 1.93. The molecule has 9 heteroatoms. The van der Waals surface area contributed by atoms with Gasteiger partial charge in [0.2, 0.25) is 17.7 Å². The van der Waals surface area contributed by atoms with Gasteiger partial charge in [-0.05, 0) is 44.4 Å². The number of amides is 3. The van der Waals surface area contributed by atoms with Crippen molar-refractivity contribution in [3.05, 3.63) is 29.8 Å². The molecule has 1 saturated heterocycles. The van der Waals surface area contributed by atoms with Crippen LogP contribution >= 0.6 is 11.8 Å². The van der Waals surface area contributed by atoms with Crippen LogP contribution in [0, 0.1) is 12.8 Å². The maximum atomic E-state index is 12.5. The van der Waals surface area contributed by atoms with Gasteiger partial charge >= 0.3 is 5.97 Å². The Morgan fingerprint density at radius 3 is 2.55 bits per heavy atom. The number of ether oxygens (including phenoxy) is 1. The summed E-state index contributed by atoms with van der Waals surface area (Å²) in [6, 6.07) is 7.51. The van der Waals surface area contributed by atoms with Crippen molar-refractivity contribution >= 4 is 41.1 Å². The van der Waals surface area contributed by atoms with Crippen molar-refractivity contribution in [2.24, 2.45) is 5.92 Å². The van der Waals surface area contributed by atoms with Crippen molar-refractivity contribution in [3.63, 3.8) is 0 Å². The van der Waals surface area contributed by atoms with E-state index in [2.05, 4.69) is 5.32 Å².